The third kappa shape index (κ3) is 4.84. The van der Waals surface area contributed by atoms with E-state index in [1.807, 2.05) is 6.92 Å². The van der Waals surface area contributed by atoms with Gasteiger partial charge in [0, 0.05) is 23.4 Å². The maximum atomic E-state index is 13.7. The molecule has 10 atom stereocenters. The lowest BCUT2D eigenvalue weighted by Crippen LogP contribution is -2.67. The van der Waals surface area contributed by atoms with Crippen LogP contribution in [0.1, 0.15) is 139 Å². The lowest BCUT2D eigenvalue weighted by molar-refractivity contribution is -0.251. The highest BCUT2D eigenvalue weighted by Gasteiger charge is 2.71. The highest BCUT2D eigenvalue weighted by Crippen LogP contribution is 2.77. The first kappa shape index (κ1) is 35.0. The Balaban J connectivity index is 1.19. The third-order valence-corrected chi connectivity index (χ3v) is 16.4. The van der Waals surface area contributed by atoms with Crippen LogP contribution in [-0.4, -0.2) is 35.2 Å². The van der Waals surface area contributed by atoms with Crippen LogP contribution in [0.3, 0.4) is 0 Å². The van der Waals surface area contributed by atoms with Crippen molar-refractivity contribution in [1.29, 1.82) is 0 Å². The zero-order valence-corrected chi connectivity index (χ0v) is 31.7. The fourth-order valence-electron chi connectivity index (χ4n) is 13.6. The number of esters is 1. The molecule has 6 aliphatic rings. The fourth-order valence-corrected chi connectivity index (χ4v) is 13.9. The number of rotatable bonds is 5. The van der Waals surface area contributed by atoms with Crippen molar-refractivity contribution in [3.63, 3.8) is 0 Å². The van der Waals surface area contributed by atoms with Crippen LogP contribution in [0.25, 0.3) is 0 Å². The molecule has 0 N–H and O–H groups in total. The number of ketones is 2. The van der Waals surface area contributed by atoms with E-state index in [4.69, 9.17) is 21.1 Å². The Bertz CT molecular complexity index is 1660. The Morgan fingerprint density at radius 3 is 2.33 bits per heavy atom. The van der Waals surface area contributed by atoms with Gasteiger partial charge >= 0.3 is 5.97 Å². The molecule has 266 valence electrons. The van der Waals surface area contributed by atoms with Gasteiger partial charge in [-0.3, -0.25) is 14.4 Å². The summed E-state index contributed by atoms with van der Waals surface area (Å²) in [6.45, 7) is 23.0. The van der Waals surface area contributed by atoms with E-state index < -0.39 is 11.6 Å². The van der Waals surface area contributed by atoms with E-state index in [1.165, 1.54) is 24.8 Å². The minimum atomic E-state index is -0.393. The maximum absolute atomic E-state index is 13.7. The molecule has 6 aliphatic carbocycles. The molecule has 0 aliphatic heterocycles. The van der Waals surface area contributed by atoms with E-state index in [-0.39, 0.29) is 61.2 Å². The largest absolute Gasteiger partial charge is 0.487 e. The van der Waals surface area contributed by atoms with E-state index >= 15 is 0 Å². The van der Waals surface area contributed by atoms with Gasteiger partial charge in [0.15, 0.2) is 5.76 Å². The number of hydrogen-bond acceptors (Lipinski definition) is 6. The van der Waals surface area contributed by atoms with Crippen LogP contribution in [0.4, 0.5) is 0 Å². The van der Waals surface area contributed by atoms with Crippen LogP contribution >= 0.6 is 11.6 Å². The van der Waals surface area contributed by atoms with Gasteiger partial charge in [-0.1, -0.05) is 58.4 Å². The molecule has 0 saturated heterocycles. The normalized spacial score (nSPS) is 42.3. The van der Waals surface area contributed by atoms with Crippen molar-refractivity contribution in [3.05, 3.63) is 52.0 Å². The van der Waals surface area contributed by atoms with Crippen molar-refractivity contribution >= 4 is 29.1 Å². The molecule has 5 fully saturated rings. The number of aromatic nitrogens is 1. The third-order valence-electron chi connectivity index (χ3n) is 16.1. The van der Waals surface area contributed by atoms with Crippen LogP contribution in [0.15, 0.2) is 35.1 Å². The number of carbonyl (C=O) groups excluding carboxylic acids is 3. The lowest BCUT2D eigenvalue weighted by Gasteiger charge is -2.73. The summed E-state index contributed by atoms with van der Waals surface area (Å²) < 4.78 is 12.5. The molecular formula is C42H56ClNO5. The minimum Gasteiger partial charge on any atom is -0.487 e. The number of fused-ring (bicyclic) bond motifs is 8. The zero-order valence-electron chi connectivity index (χ0n) is 31.0. The Kier molecular flexibility index (Phi) is 8.22. The molecular weight excluding hydrogens is 634 g/mol. The Morgan fingerprint density at radius 2 is 1.63 bits per heavy atom. The van der Waals surface area contributed by atoms with Crippen LogP contribution < -0.4 is 0 Å². The monoisotopic (exact) mass is 689 g/mol. The van der Waals surface area contributed by atoms with Crippen LogP contribution in [0.2, 0.25) is 0 Å². The van der Waals surface area contributed by atoms with Gasteiger partial charge in [0.2, 0.25) is 11.6 Å². The van der Waals surface area contributed by atoms with Crippen molar-refractivity contribution in [2.24, 2.45) is 56.7 Å². The summed E-state index contributed by atoms with van der Waals surface area (Å²) in [5.41, 5.74) is 2.68. The van der Waals surface area contributed by atoms with Gasteiger partial charge in [-0.25, -0.2) is 4.98 Å². The molecule has 0 amide bonds. The highest BCUT2D eigenvalue weighted by atomic mass is 35.5. The van der Waals surface area contributed by atoms with Gasteiger partial charge in [-0.05, 0) is 136 Å². The standard InChI is InChI=1S/C42H56ClNO5/c1-23(2)26-14-19-42(22-48-37-33(43)35(46)27-11-10-24(3)44-34(27)36(37)47)21-20-40(8)28(32(26)42)12-13-30-39(7)17-16-31(49-25(4)45)38(5,6)29(39)15-18-41(30,40)9/h10-11,26,28-32H,1,12-22H2,2-9H3/t26-,28+,29-,30+,31-,32+,39-,40+,41+,42+/m0/s1. The molecule has 0 bridgehead atoms. The fraction of sp³-hybridized carbons (Fsp3) is 0.714. The van der Waals surface area contributed by atoms with Crippen molar-refractivity contribution in [3.8, 4) is 0 Å². The van der Waals surface area contributed by atoms with Gasteiger partial charge in [0.05, 0.1) is 12.2 Å². The highest BCUT2D eigenvalue weighted by molar-refractivity contribution is 6.49. The average molecular weight is 690 g/mol. The summed E-state index contributed by atoms with van der Waals surface area (Å²) in [4.78, 5) is 43.4. The molecule has 6 nitrogen and oxygen atoms in total. The molecule has 1 aromatic heterocycles. The van der Waals surface area contributed by atoms with E-state index in [2.05, 4.69) is 53.1 Å². The molecule has 5 saturated carbocycles. The number of Topliss-reactive ketones (excluding diaryl/α,β-unsaturated/α-hetero) is 2. The van der Waals surface area contributed by atoms with Crippen molar-refractivity contribution in [2.45, 2.75) is 126 Å². The predicted molar refractivity (Wildman–Crippen MR) is 191 cm³/mol. The van der Waals surface area contributed by atoms with Crippen LogP contribution in [0, 0.1) is 63.6 Å². The summed E-state index contributed by atoms with van der Waals surface area (Å²) in [7, 11) is 0. The smallest absolute Gasteiger partial charge is 0.302 e. The van der Waals surface area contributed by atoms with E-state index in [9.17, 15) is 14.4 Å². The number of carbonyl (C=O) groups is 3. The number of aryl methyl sites for hydroxylation is 1. The summed E-state index contributed by atoms with van der Waals surface area (Å²) in [6, 6.07) is 3.37. The number of hydrogen-bond donors (Lipinski definition) is 0. The Morgan fingerprint density at radius 1 is 0.898 bits per heavy atom. The second-order valence-electron chi connectivity index (χ2n) is 18.4. The maximum Gasteiger partial charge on any atom is 0.302 e. The SMILES string of the molecule is C=C(C)[C@@H]1CC[C@]2(COC3=C(Cl)C(=O)c4ccc(C)nc4C3=O)CC[C@]3(C)[C@H](CC[C@@H]4[C@@]5(C)CC[C@H](OC(C)=O)C(C)(C)[C@@H]5CC[C@]43C)[C@@H]12. The summed E-state index contributed by atoms with van der Waals surface area (Å²) in [5.74, 6) is 1.44. The predicted octanol–water partition coefficient (Wildman–Crippen LogP) is 9.83. The number of pyridine rings is 1. The molecule has 0 unspecified atom stereocenters. The molecule has 0 spiro atoms. The Hall–Kier alpha value is -2.47. The zero-order chi connectivity index (χ0) is 35.5. The Labute approximate surface area is 298 Å². The van der Waals surface area contributed by atoms with E-state index in [0.717, 1.165) is 44.9 Å². The molecule has 7 heteroatoms. The molecule has 1 heterocycles. The first-order valence-corrected chi connectivity index (χ1v) is 19.2. The van der Waals surface area contributed by atoms with Crippen molar-refractivity contribution in [2.75, 3.05) is 6.61 Å². The topological polar surface area (TPSA) is 82.6 Å². The lowest BCUT2D eigenvalue weighted by atomic mass is 9.32. The first-order chi connectivity index (χ1) is 22.9. The quantitative estimate of drug-likeness (QED) is 0.226. The second-order valence-corrected chi connectivity index (χ2v) is 18.8. The summed E-state index contributed by atoms with van der Waals surface area (Å²) in [5, 5.41) is -0.129. The van der Waals surface area contributed by atoms with Crippen molar-refractivity contribution in [1.82, 2.24) is 4.98 Å². The number of allylic oxidation sites excluding steroid dienone is 3. The summed E-state index contributed by atoms with van der Waals surface area (Å²) in [6.07, 6.45) is 11.0. The second kappa shape index (κ2) is 11.5. The summed E-state index contributed by atoms with van der Waals surface area (Å²) >= 11 is 6.60. The van der Waals surface area contributed by atoms with E-state index in [1.54, 1.807) is 19.1 Å². The van der Waals surface area contributed by atoms with Gasteiger partial charge in [-0.2, -0.15) is 0 Å². The van der Waals surface area contributed by atoms with Crippen LogP contribution in [0.5, 0.6) is 0 Å². The van der Waals surface area contributed by atoms with Gasteiger partial charge in [-0.15, -0.1) is 0 Å². The minimum absolute atomic E-state index is 0.0206. The molecule has 0 aromatic carbocycles. The molecule has 0 radical (unpaired) electrons. The molecule has 1 aromatic rings. The van der Waals surface area contributed by atoms with Crippen LogP contribution in [-0.2, 0) is 14.3 Å². The average Bonchev–Trinajstić information content (AvgIpc) is 3.42. The van der Waals surface area contributed by atoms with Gasteiger partial charge < -0.3 is 9.47 Å². The molecule has 49 heavy (non-hydrogen) atoms. The van der Waals surface area contributed by atoms with Gasteiger partial charge in [0.25, 0.3) is 0 Å². The number of ether oxygens (including phenoxy) is 2. The van der Waals surface area contributed by atoms with Gasteiger partial charge in [0.1, 0.15) is 16.8 Å². The van der Waals surface area contributed by atoms with Crippen molar-refractivity contribution < 1.29 is 23.9 Å². The number of halogens is 1. The number of nitrogens with zero attached hydrogens (tertiary/aromatic N) is 1. The molecule has 7 rings (SSSR count). The first-order valence-electron chi connectivity index (χ1n) is 18.8. The van der Waals surface area contributed by atoms with E-state index in [0.29, 0.717) is 41.9 Å².